The van der Waals surface area contributed by atoms with Gasteiger partial charge in [-0.1, -0.05) is 42.5 Å². The Morgan fingerprint density at radius 1 is 0.718 bits per heavy atom. The predicted octanol–water partition coefficient (Wildman–Crippen LogP) is 6.39. The van der Waals surface area contributed by atoms with Crippen molar-refractivity contribution in [3.8, 4) is 5.69 Å². The summed E-state index contributed by atoms with van der Waals surface area (Å²) >= 11 is 5.71. The third-order valence-electron chi connectivity index (χ3n) is 6.89. The molecule has 0 aliphatic carbocycles. The van der Waals surface area contributed by atoms with E-state index in [9.17, 15) is 9.59 Å². The first kappa shape index (κ1) is 24.5. The predicted molar refractivity (Wildman–Crippen MR) is 159 cm³/mol. The number of fused-ring (bicyclic) bond motifs is 1. The average molecular weight is 529 g/mol. The number of nitrogens with zero attached hydrogens (tertiary/aromatic N) is 4. The van der Waals surface area contributed by atoms with Gasteiger partial charge in [-0.15, -0.1) is 0 Å². The molecule has 3 heterocycles. The van der Waals surface area contributed by atoms with E-state index < -0.39 is 11.8 Å². The molecule has 6 rings (SSSR count). The van der Waals surface area contributed by atoms with Crippen LogP contribution < -0.4 is 9.80 Å². The zero-order valence-electron chi connectivity index (χ0n) is 21.4. The fourth-order valence-corrected chi connectivity index (χ4v) is 5.40. The second kappa shape index (κ2) is 9.78. The monoisotopic (exact) mass is 528 g/mol. The molecule has 7 heteroatoms. The molecule has 1 fully saturated rings. The Morgan fingerprint density at radius 2 is 1.33 bits per heavy atom. The van der Waals surface area contributed by atoms with Crippen molar-refractivity contribution in [3.63, 3.8) is 0 Å². The molecule has 0 spiro atoms. The Morgan fingerprint density at radius 3 is 1.95 bits per heavy atom. The Balaban J connectivity index is 1.48. The number of para-hydroxylation sites is 2. The van der Waals surface area contributed by atoms with Crippen LogP contribution >= 0.6 is 12.2 Å². The minimum Gasteiger partial charge on any atom is -0.318 e. The van der Waals surface area contributed by atoms with E-state index in [-0.39, 0.29) is 10.7 Å². The highest BCUT2D eigenvalue weighted by atomic mass is 32.1. The van der Waals surface area contributed by atoms with E-state index in [1.807, 2.05) is 80.6 Å². The van der Waals surface area contributed by atoms with E-state index in [0.29, 0.717) is 11.4 Å². The number of aryl methyl sites for hydroxylation is 1. The summed E-state index contributed by atoms with van der Waals surface area (Å²) in [5, 5.41) is 1.15. The van der Waals surface area contributed by atoms with Crippen LogP contribution in [0.15, 0.2) is 109 Å². The van der Waals surface area contributed by atoms with Crippen molar-refractivity contribution in [3.05, 3.63) is 126 Å². The van der Waals surface area contributed by atoms with Crippen LogP contribution in [0.3, 0.4) is 0 Å². The first-order valence-corrected chi connectivity index (χ1v) is 12.9. The van der Waals surface area contributed by atoms with Crippen molar-refractivity contribution in [2.45, 2.75) is 13.8 Å². The molecule has 0 atom stereocenters. The van der Waals surface area contributed by atoms with Crippen molar-refractivity contribution < 1.29 is 9.59 Å². The lowest BCUT2D eigenvalue weighted by atomic mass is 10.0. The zero-order valence-corrected chi connectivity index (χ0v) is 22.2. The summed E-state index contributed by atoms with van der Waals surface area (Å²) in [6.07, 6.45) is 3.46. The summed E-state index contributed by atoms with van der Waals surface area (Å²) < 4.78 is 2.12. The van der Waals surface area contributed by atoms with Gasteiger partial charge in [-0.2, -0.15) is 0 Å². The summed E-state index contributed by atoms with van der Waals surface area (Å²) in [7, 11) is 0. The van der Waals surface area contributed by atoms with Gasteiger partial charge in [0, 0.05) is 28.7 Å². The molecule has 2 amide bonds. The Kier molecular flexibility index (Phi) is 6.13. The maximum absolute atomic E-state index is 13.9. The summed E-state index contributed by atoms with van der Waals surface area (Å²) in [6.45, 7) is 3.99. The molecule has 0 radical (unpaired) electrons. The van der Waals surface area contributed by atoms with Crippen LogP contribution in [0, 0.1) is 13.8 Å². The number of carbonyl (C=O) groups excluding carboxylic acids is 2. The number of pyridine rings is 1. The minimum absolute atomic E-state index is 0.0410. The molecule has 1 aliphatic heterocycles. The highest BCUT2D eigenvalue weighted by molar-refractivity contribution is 7.81. The fourth-order valence-electron chi connectivity index (χ4n) is 5.03. The summed E-state index contributed by atoms with van der Waals surface area (Å²) in [5.41, 5.74) is 5.81. The summed E-state index contributed by atoms with van der Waals surface area (Å²) in [4.78, 5) is 35.0. The molecule has 39 heavy (non-hydrogen) atoms. The Bertz CT molecular complexity index is 1730. The first-order chi connectivity index (χ1) is 18.9. The topological polar surface area (TPSA) is 58.4 Å². The van der Waals surface area contributed by atoms with Crippen LogP contribution in [0.1, 0.15) is 17.0 Å². The van der Waals surface area contributed by atoms with E-state index >= 15 is 0 Å². The molecular weight excluding hydrogens is 504 g/mol. The smallest absolute Gasteiger partial charge is 0.270 e. The highest BCUT2D eigenvalue weighted by Gasteiger charge is 2.41. The molecule has 0 bridgehead atoms. The van der Waals surface area contributed by atoms with E-state index in [1.165, 1.54) is 9.80 Å². The molecule has 5 aromatic rings. The fraction of sp³-hybridized carbons (Fsp3) is 0.0625. The van der Waals surface area contributed by atoms with Gasteiger partial charge in [0.2, 0.25) is 0 Å². The van der Waals surface area contributed by atoms with E-state index in [2.05, 4.69) is 15.6 Å². The van der Waals surface area contributed by atoms with Crippen LogP contribution in [-0.2, 0) is 9.59 Å². The van der Waals surface area contributed by atoms with Gasteiger partial charge in [0.1, 0.15) is 5.57 Å². The van der Waals surface area contributed by atoms with Crippen molar-refractivity contribution >= 4 is 57.5 Å². The zero-order chi connectivity index (χ0) is 27.1. The quantitative estimate of drug-likeness (QED) is 0.154. The molecule has 190 valence electrons. The molecule has 0 saturated carbocycles. The lowest BCUT2D eigenvalue weighted by molar-refractivity contribution is -0.120. The second-order valence-electron chi connectivity index (χ2n) is 9.34. The largest absolute Gasteiger partial charge is 0.318 e. The molecule has 2 aromatic heterocycles. The normalized spacial score (nSPS) is 13.9. The number of amides is 2. The number of hydrogen-bond donors (Lipinski definition) is 0. The molecule has 6 nitrogen and oxygen atoms in total. The Labute approximate surface area is 231 Å². The van der Waals surface area contributed by atoms with E-state index in [0.717, 1.165) is 33.5 Å². The van der Waals surface area contributed by atoms with Crippen molar-refractivity contribution in [2.24, 2.45) is 0 Å². The third-order valence-corrected chi connectivity index (χ3v) is 7.26. The van der Waals surface area contributed by atoms with Gasteiger partial charge in [-0.25, -0.2) is 0 Å². The molecule has 1 saturated heterocycles. The number of hydrogen-bond acceptors (Lipinski definition) is 4. The van der Waals surface area contributed by atoms with Crippen LogP contribution in [0.5, 0.6) is 0 Å². The summed E-state index contributed by atoms with van der Waals surface area (Å²) in [6, 6.07) is 30.4. The Hall–Kier alpha value is -4.88. The highest BCUT2D eigenvalue weighted by Crippen LogP contribution is 2.31. The van der Waals surface area contributed by atoms with Crippen LogP contribution in [0.2, 0.25) is 0 Å². The number of carbonyl (C=O) groups is 2. The van der Waals surface area contributed by atoms with Gasteiger partial charge < -0.3 is 4.57 Å². The maximum atomic E-state index is 13.9. The second-order valence-corrected chi connectivity index (χ2v) is 9.70. The van der Waals surface area contributed by atoms with Crippen LogP contribution in [0.25, 0.3) is 22.7 Å². The van der Waals surface area contributed by atoms with Crippen molar-refractivity contribution in [1.82, 2.24) is 9.55 Å². The number of benzene rings is 3. The minimum atomic E-state index is -0.454. The van der Waals surface area contributed by atoms with Gasteiger partial charge in [0.05, 0.1) is 16.9 Å². The lowest BCUT2D eigenvalue weighted by Gasteiger charge is -2.36. The lowest BCUT2D eigenvalue weighted by Crippen LogP contribution is -2.56. The molecule has 3 aromatic carbocycles. The molecular formula is C32H24N4O2S. The SMILES string of the molecule is Cc1cc(C=C2C(=O)N(c3ccccc3)C(=S)N(c3ccccc3)C2=O)c(C)n1-c1ccc2ncccc2c1. The number of thiocarbonyl (C=S) groups is 1. The van der Waals surface area contributed by atoms with Crippen molar-refractivity contribution in [2.75, 3.05) is 9.80 Å². The number of aromatic nitrogens is 2. The van der Waals surface area contributed by atoms with Gasteiger partial charge in [0.15, 0.2) is 5.11 Å². The van der Waals surface area contributed by atoms with Crippen molar-refractivity contribution in [1.29, 1.82) is 0 Å². The van der Waals surface area contributed by atoms with Crippen LogP contribution in [0.4, 0.5) is 11.4 Å². The number of anilines is 2. The van der Waals surface area contributed by atoms with E-state index in [1.54, 1.807) is 36.5 Å². The molecule has 1 aliphatic rings. The molecule has 0 N–H and O–H groups in total. The van der Waals surface area contributed by atoms with E-state index in [4.69, 9.17) is 12.2 Å². The van der Waals surface area contributed by atoms with Crippen LogP contribution in [-0.4, -0.2) is 26.5 Å². The van der Waals surface area contributed by atoms with Gasteiger partial charge in [-0.3, -0.25) is 24.4 Å². The van der Waals surface area contributed by atoms with Gasteiger partial charge in [0.25, 0.3) is 11.8 Å². The standard InChI is InChI=1S/C32H24N4O2S/c1-21-18-24(22(2)34(21)27-15-16-29-23(19-27)10-9-17-33-29)20-28-30(37)35(25-11-5-3-6-12-25)32(39)36(31(28)38)26-13-7-4-8-14-26/h3-20H,1-2H3. The van der Waals surface area contributed by atoms with Gasteiger partial charge >= 0.3 is 0 Å². The molecule has 0 unspecified atom stereocenters. The third kappa shape index (κ3) is 4.23. The summed E-state index contributed by atoms with van der Waals surface area (Å²) in [5.74, 6) is -0.907. The average Bonchev–Trinajstić information content (AvgIpc) is 3.24. The number of rotatable bonds is 4. The van der Waals surface area contributed by atoms with Gasteiger partial charge in [-0.05, 0) is 92.3 Å². The maximum Gasteiger partial charge on any atom is 0.270 e. The first-order valence-electron chi connectivity index (χ1n) is 12.5.